The molecule has 1 heterocycles. The molecule has 0 radical (unpaired) electrons. The lowest BCUT2D eigenvalue weighted by atomic mass is 10.0. The number of thioether (sulfide) groups is 1. The maximum absolute atomic E-state index is 5.72. The largest absolute Gasteiger partial charge is 0.307 e. The molecule has 0 saturated heterocycles. The number of aromatic nitrogens is 2. The average Bonchev–Trinajstić information content (AvgIpc) is 3.13. The van der Waals surface area contributed by atoms with Crippen LogP contribution in [0, 0.1) is 12.3 Å². The zero-order valence-corrected chi connectivity index (χ0v) is 16.3. The summed E-state index contributed by atoms with van der Waals surface area (Å²) >= 11 is 1.72. The molecule has 0 N–H and O–H groups in total. The molecule has 0 saturated carbocycles. The summed E-state index contributed by atoms with van der Waals surface area (Å²) < 4.78 is 2.16. The van der Waals surface area contributed by atoms with Crippen molar-refractivity contribution in [1.82, 2.24) is 9.55 Å². The van der Waals surface area contributed by atoms with Crippen LogP contribution in [0.3, 0.4) is 0 Å². The maximum atomic E-state index is 5.72. The van der Waals surface area contributed by atoms with Gasteiger partial charge in [0.1, 0.15) is 0 Å². The van der Waals surface area contributed by atoms with E-state index < -0.39 is 0 Å². The lowest BCUT2D eigenvalue weighted by molar-refractivity contribution is 0.745. The van der Waals surface area contributed by atoms with E-state index in [1.807, 2.05) is 42.5 Å². The van der Waals surface area contributed by atoms with Crippen LogP contribution in [0.4, 0.5) is 0 Å². The Labute approximate surface area is 170 Å². The minimum atomic E-state index is 0.487. The van der Waals surface area contributed by atoms with Crippen LogP contribution in [-0.2, 0) is 12.3 Å². The first kappa shape index (κ1) is 18.2. The summed E-state index contributed by atoms with van der Waals surface area (Å²) in [5.74, 6) is 3.66. The molecule has 4 rings (SSSR count). The Morgan fingerprint density at radius 3 is 1.96 bits per heavy atom. The molecule has 2 nitrogen and oxygen atoms in total. The highest BCUT2D eigenvalue weighted by molar-refractivity contribution is 7.98. The first-order valence-corrected chi connectivity index (χ1v) is 10.2. The van der Waals surface area contributed by atoms with Crippen molar-refractivity contribution in [3.63, 3.8) is 0 Å². The number of nitrogens with zero attached hydrogens (tertiary/aromatic N) is 2. The monoisotopic (exact) mass is 380 g/mol. The van der Waals surface area contributed by atoms with E-state index in [9.17, 15) is 0 Å². The van der Waals surface area contributed by atoms with Crippen molar-refractivity contribution in [2.45, 2.75) is 17.5 Å². The highest BCUT2D eigenvalue weighted by Crippen LogP contribution is 2.36. The molecule has 0 aliphatic rings. The van der Waals surface area contributed by atoms with Crippen LogP contribution in [-0.4, -0.2) is 9.55 Å². The quantitative estimate of drug-likeness (QED) is 0.295. The molecule has 0 unspecified atom stereocenters. The van der Waals surface area contributed by atoms with Crippen molar-refractivity contribution >= 4 is 11.8 Å². The number of benzene rings is 3. The van der Waals surface area contributed by atoms with Gasteiger partial charge in [-0.05, 0) is 5.56 Å². The summed E-state index contributed by atoms with van der Waals surface area (Å²) in [4.78, 5) is 5.02. The third-order valence-electron chi connectivity index (χ3n) is 4.49. The van der Waals surface area contributed by atoms with Crippen molar-refractivity contribution in [3.05, 3.63) is 96.6 Å². The molecule has 0 aliphatic carbocycles. The molecule has 0 spiro atoms. The summed E-state index contributed by atoms with van der Waals surface area (Å²) in [6, 6.07) is 31.1. The van der Waals surface area contributed by atoms with Crippen molar-refractivity contribution in [3.8, 4) is 34.9 Å². The number of terminal acetylenes is 1. The number of hydrogen-bond donors (Lipinski definition) is 0. The van der Waals surface area contributed by atoms with Crippen LogP contribution < -0.4 is 0 Å². The van der Waals surface area contributed by atoms with Crippen LogP contribution in [0.15, 0.2) is 96.2 Å². The molecule has 0 atom stereocenters. The predicted molar refractivity (Wildman–Crippen MR) is 118 cm³/mol. The van der Waals surface area contributed by atoms with Gasteiger partial charge in [0.2, 0.25) is 0 Å². The standard InChI is InChI=1S/C25H20N2S/c1-2-18-27-24(22-16-10-5-11-17-22)23(21-14-8-4-9-15-21)26-25(27)28-19-20-12-6-3-7-13-20/h1,3-17H,18-19H2. The normalized spacial score (nSPS) is 10.5. The molecule has 0 bridgehead atoms. The SMILES string of the molecule is C#CCn1c(SCc2ccccc2)nc(-c2ccccc2)c1-c1ccccc1. The second-order valence-corrected chi connectivity index (χ2v) is 7.33. The Kier molecular flexibility index (Phi) is 5.61. The molecular formula is C25H20N2S. The Hall–Kier alpha value is -3.22. The Bertz CT molecular complexity index is 1080. The fraction of sp³-hybridized carbons (Fsp3) is 0.0800. The Morgan fingerprint density at radius 2 is 1.36 bits per heavy atom. The molecule has 0 fully saturated rings. The van der Waals surface area contributed by atoms with Crippen molar-refractivity contribution in [2.24, 2.45) is 0 Å². The first-order chi connectivity index (χ1) is 13.9. The summed E-state index contributed by atoms with van der Waals surface area (Å²) in [7, 11) is 0. The van der Waals surface area contributed by atoms with Gasteiger partial charge in [-0.15, -0.1) is 6.42 Å². The Balaban J connectivity index is 1.82. The zero-order valence-electron chi connectivity index (χ0n) is 15.5. The third kappa shape index (κ3) is 3.88. The van der Waals surface area contributed by atoms with Crippen LogP contribution in [0.2, 0.25) is 0 Å². The number of rotatable bonds is 6. The fourth-order valence-electron chi connectivity index (χ4n) is 3.19. The molecular weight excluding hydrogens is 360 g/mol. The van der Waals surface area contributed by atoms with E-state index in [2.05, 4.69) is 59.0 Å². The number of imidazole rings is 1. The summed E-state index contributed by atoms with van der Waals surface area (Å²) in [6.45, 7) is 0.487. The van der Waals surface area contributed by atoms with Crippen molar-refractivity contribution < 1.29 is 0 Å². The number of hydrogen-bond acceptors (Lipinski definition) is 2. The molecule has 3 heteroatoms. The van der Waals surface area contributed by atoms with Gasteiger partial charge in [-0.1, -0.05) is 109 Å². The topological polar surface area (TPSA) is 17.8 Å². The van der Waals surface area contributed by atoms with E-state index in [0.717, 1.165) is 33.4 Å². The van der Waals surface area contributed by atoms with Gasteiger partial charge in [0.15, 0.2) is 5.16 Å². The van der Waals surface area contributed by atoms with Crippen molar-refractivity contribution in [2.75, 3.05) is 0 Å². The molecule has 4 aromatic rings. The second-order valence-electron chi connectivity index (χ2n) is 6.39. The summed E-state index contributed by atoms with van der Waals surface area (Å²) in [6.07, 6.45) is 5.72. The summed E-state index contributed by atoms with van der Waals surface area (Å²) in [5.41, 5.74) is 5.53. The van der Waals surface area contributed by atoms with Gasteiger partial charge in [-0.3, -0.25) is 0 Å². The van der Waals surface area contributed by atoms with Crippen molar-refractivity contribution in [1.29, 1.82) is 0 Å². The second kappa shape index (κ2) is 8.65. The molecule has 136 valence electrons. The van der Waals surface area contributed by atoms with Crippen LogP contribution in [0.25, 0.3) is 22.5 Å². The van der Waals surface area contributed by atoms with E-state index in [0.29, 0.717) is 6.54 Å². The molecule has 3 aromatic carbocycles. The fourth-order valence-corrected chi connectivity index (χ4v) is 4.14. The third-order valence-corrected chi connectivity index (χ3v) is 5.53. The van der Waals surface area contributed by atoms with Crippen LogP contribution in [0.5, 0.6) is 0 Å². The van der Waals surface area contributed by atoms with E-state index in [1.54, 1.807) is 11.8 Å². The van der Waals surface area contributed by atoms with Crippen LogP contribution in [0.1, 0.15) is 5.56 Å². The van der Waals surface area contributed by atoms with Gasteiger partial charge >= 0.3 is 0 Å². The van der Waals surface area contributed by atoms with E-state index in [-0.39, 0.29) is 0 Å². The predicted octanol–water partition coefficient (Wildman–Crippen LogP) is 6.14. The minimum absolute atomic E-state index is 0.487. The van der Waals surface area contributed by atoms with Crippen LogP contribution >= 0.6 is 11.8 Å². The van der Waals surface area contributed by atoms with E-state index >= 15 is 0 Å². The smallest absolute Gasteiger partial charge is 0.170 e. The molecule has 0 amide bonds. The average molecular weight is 381 g/mol. The van der Waals surface area contributed by atoms with Gasteiger partial charge in [-0.25, -0.2) is 4.98 Å². The molecule has 0 aliphatic heterocycles. The Morgan fingerprint density at radius 1 is 0.786 bits per heavy atom. The van der Waals surface area contributed by atoms with Gasteiger partial charge in [-0.2, -0.15) is 0 Å². The zero-order chi connectivity index (χ0) is 19.2. The highest BCUT2D eigenvalue weighted by Gasteiger charge is 2.19. The van der Waals surface area contributed by atoms with E-state index in [4.69, 9.17) is 11.4 Å². The molecule has 1 aromatic heterocycles. The maximum Gasteiger partial charge on any atom is 0.170 e. The minimum Gasteiger partial charge on any atom is -0.307 e. The first-order valence-electron chi connectivity index (χ1n) is 9.18. The molecule has 28 heavy (non-hydrogen) atoms. The lowest BCUT2D eigenvalue weighted by Gasteiger charge is -2.10. The highest BCUT2D eigenvalue weighted by atomic mass is 32.2. The van der Waals surface area contributed by atoms with Gasteiger partial charge in [0.05, 0.1) is 17.9 Å². The van der Waals surface area contributed by atoms with E-state index in [1.165, 1.54) is 5.56 Å². The van der Waals surface area contributed by atoms with Gasteiger partial charge in [0.25, 0.3) is 0 Å². The lowest BCUT2D eigenvalue weighted by Crippen LogP contribution is -2.01. The van der Waals surface area contributed by atoms with Gasteiger partial charge in [0, 0.05) is 16.9 Å². The summed E-state index contributed by atoms with van der Waals surface area (Å²) in [5, 5.41) is 0.944. The van der Waals surface area contributed by atoms with Gasteiger partial charge < -0.3 is 4.57 Å².